The van der Waals surface area contributed by atoms with E-state index in [2.05, 4.69) is 0 Å². The molecule has 0 radical (unpaired) electrons. The number of aliphatic carboxylic acids is 1. The summed E-state index contributed by atoms with van der Waals surface area (Å²) in [5, 5.41) is 9.10. The van der Waals surface area contributed by atoms with Gasteiger partial charge in [0, 0.05) is 19.1 Å². The molecule has 1 unspecified atom stereocenters. The number of morpholine rings is 1. The van der Waals surface area contributed by atoms with Crippen LogP contribution in [-0.2, 0) is 14.3 Å². The van der Waals surface area contributed by atoms with Crippen LogP contribution in [0.2, 0.25) is 0 Å². The Bertz CT molecular complexity index is 349. The Kier molecular flexibility index (Phi) is 5.37. The highest BCUT2D eigenvalue weighted by Gasteiger charge is 2.33. The molecule has 20 heavy (non-hydrogen) atoms. The summed E-state index contributed by atoms with van der Waals surface area (Å²) in [6.07, 6.45) is 4.24. The molecule has 2 aliphatic rings. The second-order valence-electron chi connectivity index (χ2n) is 5.62. The van der Waals surface area contributed by atoms with Crippen LogP contribution in [0.5, 0.6) is 0 Å². The number of nitrogens with zero attached hydrogens (tertiary/aromatic N) is 2. The van der Waals surface area contributed by atoms with E-state index in [0.29, 0.717) is 26.3 Å². The first kappa shape index (κ1) is 15.3. The number of carbonyl (C=O) groups excluding carboxylic acids is 1. The molecule has 2 rings (SSSR count). The highest BCUT2D eigenvalue weighted by atomic mass is 16.5. The third-order valence-electron chi connectivity index (χ3n) is 4.29. The lowest BCUT2D eigenvalue weighted by molar-refractivity contribution is -0.145. The topological polar surface area (TPSA) is 70.1 Å². The van der Waals surface area contributed by atoms with Crippen LogP contribution in [-0.4, -0.2) is 71.7 Å². The van der Waals surface area contributed by atoms with E-state index in [0.717, 1.165) is 25.7 Å². The van der Waals surface area contributed by atoms with Gasteiger partial charge in [0.1, 0.15) is 0 Å². The van der Waals surface area contributed by atoms with Gasteiger partial charge in [0.05, 0.1) is 25.8 Å². The lowest BCUT2D eigenvalue weighted by atomic mass is 10.1. The van der Waals surface area contributed by atoms with Gasteiger partial charge in [-0.25, -0.2) is 0 Å². The summed E-state index contributed by atoms with van der Waals surface area (Å²) in [6, 6.07) is -0.140. The second kappa shape index (κ2) is 7.04. The van der Waals surface area contributed by atoms with E-state index in [1.165, 1.54) is 0 Å². The minimum absolute atomic E-state index is 0.0291. The normalized spacial score (nSPS) is 22.2. The number of rotatable bonds is 5. The van der Waals surface area contributed by atoms with E-state index in [-0.39, 0.29) is 24.5 Å². The fourth-order valence-electron chi connectivity index (χ4n) is 3.16. The van der Waals surface area contributed by atoms with Crippen molar-refractivity contribution in [1.29, 1.82) is 0 Å². The van der Waals surface area contributed by atoms with E-state index in [1.807, 2.05) is 11.8 Å². The van der Waals surface area contributed by atoms with Gasteiger partial charge in [-0.05, 0) is 19.8 Å². The first-order valence-electron chi connectivity index (χ1n) is 7.43. The van der Waals surface area contributed by atoms with Gasteiger partial charge in [0.15, 0.2) is 0 Å². The molecule has 2 fully saturated rings. The van der Waals surface area contributed by atoms with Gasteiger partial charge < -0.3 is 14.7 Å². The summed E-state index contributed by atoms with van der Waals surface area (Å²) in [7, 11) is 0. The van der Waals surface area contributed by atoms with Crippen LogP contribution in [0.15, 0.2) is 0 Å². The molecule has 1 aliphatic carbocycles. The van der Waals surface area contributed by atoms with Crippen molar-refractivity contribution in [3.63, 3.8) is 0 Å². The molecule has 0 spiro atoms. The molecule has 1 aliphatic heterocycles. The molecular formula is C14H24N2O4. The maximum absolute atomic E-state index is 12.5. The zero-order valence-electron chi connectivity index (χ0n) is 12.1. The number of hydrogen-bond acceptors (Lipinski definition) is 4. The number of carboxylic acid groups (broad SMARTS) is 1. The van der Waals surface area contributed by atoms with E-state index in [1.54, 1.807) is 4.90 Å². The summed E-state index contributed by atoms with van der Waals surface area (Å²) in [5.74, 6) is -0.833. The van der Waals surface area contributed by atoms with Crippen LogP contribution >= 0.6 is 0 Å². The summed E-state index contributed by atoms with van der Waals surface area (Å²) in [6.45, 7) is 4.13. The lowest BCUT2D eigenvalue weighted by Gasteiger charge is -2.36. The van der Waals surface area contributed by atoms with Crippen molar-refractivity contribution < 1.29 is 19.4 Å². The lowest BCUT2D eigenvalue weighted by Crippen LogP contribution is -2.54. The number of carbonyl (C=O) groups is 2. The Balaban J connectivity index is 2.01. The molecule has 1 saturated heterocycles. The molecule has 6 nitrogen and oxygen atoms in total. The molecule has 1 saturated carbocycles. The highest BCUT2D eigenvalue weighted by Crippen LogP contribution is 2.25. The van der Waals surface area contributed by atoms with Crippen LogP contribution in [0, 0.1) is 0 Å². The predicted molar refractivity (Wildman–Crippen MR) is 73.5 cm³/mol. The Morgan fingerprint density at radius 2 is 1.90 bits per heavy atom. The summed E-state index contributed by atoms with van der Waals surface area (Å²) >= 11 is 0. The van der Waals surface area contributed by atoms with Crippen LogP contribution in [0.1, 0.15) is 32.6 Å². The number of ether oxygens (including phenoxy) is 1. The molecule has 0 aromatic heterocycles. The Morgan fingerprint density at radius 3 is 2.45 bits per heavy atom. The first-order valence-corrected chi connectivity index (χ1v) is 7.43. The fourth-order valence-corrected chi connectivity index (χ4v) is 3.16. The fraction of sp³-hybridized carbons (Fsp3) is 0.857. The minimum Gasteiger partial charge on any atom is -0.480 e. The second-order valence-corrected chi connectivity index (χ2v) is 5.62. The molecule has 0 aromatic rings. The number of hydrogen-bond donors (Lipinski definition) is 1. The van der Waals surface area contributed by atoms with Gasteiger partial charge in [-0.2, -0.15) is 0 Å². The smallest absolute Gasteiger partial charge is 0.317 e. The molecule has 0 bridgehead atoms. The highest BCUT2D eigenvalue weighted by molar-refractivity contribution is 5.82. The third-order valence-corrected chi connectivity index (χ3v) is 4.29. The van der Waals surface area contributed by atoms with E-state index >= 15 is 0 Å². The molecule has 6 heteroatoms. The van der Waals surface area contributed by atoms with Crippen molar-refractivity contribution in [1.82, 2.24) is 9.80 Å². The van der Waals surface area contributed by atoms with Crippen LogP contribution in [0.4, 0.5) is 0 Å². The van der Waals surface area contributed by atoms with Gasteiger partial charge in [0.2, 0.25) is 5.91 Å². The maximum atomic E-state index is 12.5. The molecule has 1 atom stereocenters. The van der Waals surface area contributed by atoms with Gasteiger partial charge in [0.25, 0.3) is 0 Å². The SMILES string of the molecule is CC(C(=O)N1CCOCC1)N(CC(=O)O)C1CCCC1. The largest absolute Gasteiger partial charge is 0.480 e. The monoisotopic (exact) mass is 284 g/mol. The minimum atomic E-state index is -0.862. The van der Waals surface area contributed by atoms with Gasteiger partial charge >= 0.3 is 5.97 Å². The zero-order valence-corrected chi connectivity index (χ0v) is 12.1. The third kappa shape index (κ3) is 3.70. The standard InChI is InChI=1S/C14H24N2O4/c1-11(14(19)15-6-8-20-9-7-15)16(10-13(17)18)12-4-2-3-5-12/h11-12H,2-10H2,1H3,(H,17,18). The maximum Gasteiger partial charge on any atom is 0.317 e. The van der Waals surface area contributed by atoms with Crippen molar-refractivity contribution in [3.05, 3.63) is 0 Å². The average molecular weight is 284 g/mol. The van der Waals surface area contributed by atoms with Crippen LogP contribution in [0.25, 0.3) is 0 Å². The zero-order chi connectivity index (χ0) is 14.5. The molecule has 1 N–H and O–H groups in total. The number of carboxylic acids is 1. The van der Waals surface area contributed by atoms with Crippen molar-refractivity contribution in [2.75, 3.05) is 32.8 Å². The number of amides is 1. The van der Waals surface area contributed by atoms with Crippen molar-refractivity contribution in [2.45, 2.75) is 44.7 Å². The van der Waals surface area contributed by atoms with Gasteiger partial charge in [-0.1, -0.05) is 12.8 Å². The molecule has 0 aromatic carbocycles. The molecular weight excluding hydrogens is 260 g/mol. The molecule has 1 amide bonds. The molecule has 1 heterocycles. The van der Waals surface area contributed by atoms with Crippen molar-refractivity contribution in [2.24, 2.45) is 0 Å². The Labute approximate surface area is 119 Å². The van der Waals surface area contributed by atoms with E-state index < -0.39 is 5.97 Å². The van der Waals surface area contributed by atoms with Crippen LogP contribution < -0.4 is 0 Å². The molecule has 114 valence electrons. The van der Waals surface area contributed by atoms with E-state index in [4.69, 9.17) is 9.84 Å². The van der Waals surface area contributed by atoms with Gasteiger partial charge in [-0.3, -0.25) is 14.5 Å². The predicted octanol–water partition coefficient (Wildman–Crippen LogP) is 0.563. The summed E-state index contributed by atoms with van der Waals surface area (Å²) in [5.41, 5.74) is 0. The quantitative estimate of drug-likeness (QED) is 0.799. The van der Waals surface area contributed by atoms with Crippen LogP contribution in [0.3, 0.4) is 0 Å². The first-order chi connectivity index (χ1) is 9.59. The van der Waals surface area contributed by atoms with E-state index in [9.17, 15) is 9.59 Å². The van der Waals surface area contributed by atoms with Crippen molar-refractivity contribution >= 4 is 11.9 Å². The summed E-state index contributed by atoms with van der Waals surface area (Å²) in [4.78, 5) is 27.3. The van der Waals surface area contributed by atoms with Crippen molar-refractivity contribution in [3.8, 4) is 0 Å². The Hall–Kier alpha value is -1.14. The Morgan fingerprint density at radius 1 is 1.30 bits per heavy atom. The van der Waals surface area contributed by atoms with Gasteiger partial charge in [-0.15, -0.1) is 0 Å². The average Bonchev–Trinajstić information content (AvgIpc) is 2.98. The summed E-state index contributed by atoms with van der Waals surface area (Å²) < 4.78 is 5.25.